The van der Waals surface area contributed by atoms with Gasteiger partial charge in [0.05, 0.1) is 11.6 Å². The Morgan fingerprint density at radius 1 is 1.14 bits per heavy atom. The third-order valence-corrected chi connectivity index (χ3v) is 5.21. The van der Waals surface area contributed by atoms with E-state index < -0.39 is 0 Å². The van der Waals surface area contributed by atoms with E-state index in [0.29, 0.717) is 13.1 Å². The van der Waals surface area contributed by atoms with Crippen LogP contribution in [-0.2, 0) is 7.05 Å². The largest absolute Gasteiger partial charge is 0.368 e. The fraction of sp³-hybridized carbons (Fsp3) is 0.333. The van der Waals surface area contributed by atoms with Crippen molar-refractivity contribution < 1.29 is 0 Å². The monoisotopic (exact) mass is 418 g/mol. The average Bonchev–Trinajstić information content (AvgIpc) is 3.10. The smallest absolute Gasteiger partial charge is 0.191 e. The van der Waals surface area contributed by atoms with E-state index >= 15 is 0 Å². The predicted molar refractivity (Wildman–Crippen MR) is 116 cm³/mol. The number of aryl methyl sites for hydroxylation is 1. The third kappa shape index (κ3) is 5.49. The van der Waals surface area contributed by atoms with Gasteiger partial charge in [0.1, 0.15) is 12.1 Å². The van der Waals surface area contributed by atoms with Crippen molar-refractivity contribution in [3.05, 3.63) is 41.8 Å². The van der Waals surface area contributed by atoms with Crippen LogP contribution in [-0.4, -0.2) is 58.1 Å². The van der Waals surface area contributed by atoms with Gasteiger partial charge < -0.3 is 16.0 Å². The lowest BCUT2D eigenvalue weighted by Crippen LogP contribution is -2.40. The first-order valence-electron chi connectivity index (χ1n) is 8.87. The van der Waals surface area contributed by atoms with E-state index in [9.17, 15) is 0 Å². The van der Waals surface area contributed by atoms with E-state index in [0.717, 1.165) is 40.1 Å². The number of nitrogens with one attached hydrogen (secondary N) is 3. The standard InChI is InChI=1S/C18H23ClN8S/c1-20-18(23-9-10-28-14-5-3-13(19)4-6-14)22-8-7-21-16-15-11-26-27(2)17(15)25-12-24-16/h3-6,11-12H,7-10H2,1-2H3,(H2,20,22,23)(H,21,24,25). The molecule has 3 aromatic rings. The van der Waals surface area contributed by atoms with Crippen LogP contribution in [0.5, 0.6) is 0 Å². The Bertz CT molecular complexity index is 925. The van der Waals surface area contributed by atoms with Crippen LogP contribution >= 0.6 is 23.4 Å². The summed E-state index contributed by atoms with van der Waals surface area (Å²) in [7, 11) is 3.63. The second-order valence-electron chi connectivity index (χ2n) is 5.88. The zero-order valence-corrected chi connectivity index (χ0v) is 17.4. The number of anilines is 1. The van der Waals surface area contributed by atoms with Gasteiger partial charge in [-0.05, 0) is 24.3 Å². The molecule has 2 heterocycles. The lowest BCUT2D eigenvalue weighted by Gasteiger charge is -2.12. The molecule has 0 amide bonds. The van der Waals surface area contributed by atoms with E-state index in [1.807, 2.05) is 31.3 Å². The summed E-state index contributed by atoms with van der Waals surface area (Å²) in [6.07, 6.45) is 3.31. The van der Waals surface area contributed by atoms with Crippen molar-refractivity contribution in [2.24, 2.45) is 12.0 Å². The van der Waals surface area contributed by atoms with Gasteiger partial charge in [-0.3, -0.25) is 9.67 Å². The van der Waals surface area contributed by atoms with Crippen molar-refractivity contribution in [1.82, 2.24) is 30.4 Å². The van der Waals surface area contributed by atoms with Gasteiger partial charge >= 0.3 is 0 Å². The minimum Gasteiger partial charge on any atom is -0.368 e. The predicted octanol–water partition coefficient (Wildman–Crippen LogP) is 2.39. The maximum atomic E-state index is 5.90. The van der Waals surface area contributed by atoms with E-state index in [4.69, 9.17) is 11.6 Å². The van der Waals surface area contributed by atoms with Gasteiger partial charge in [0, 0.05) is 49.4 Å². The van der Waals surface area contributed by atoms with E-state index in [1.54, 1.807) is 36.0 Å². The van der Waals surface area contributed by atoms with Gasteiger partial charge in [0.2, 0.25) is 0 Å². The molecule has 0 saturated carbocycles. The van der Waals surface area contributed by atoms with Crippen molar-refractivity contribution in [3.8, 4) is 0 Å². The summed E-state index contributed by atoms with van der Waals surface area (Å²) in [5.74, 6) is 2.48. The molecule has 2 aromatic heterocycles. The summed E-state index contributed by atoms with van der Waals surface area (Å²) in [6.45, 7) is 2.21. The first-order valence-corrected chi connectivity index (χ1v) is 10.2. The molecule has 0 bridgehead atoms. The second kappa shape index (κ2) is 10.1. The van der Waals surface area contributed by atoms with Crippen LogP contribution in [0.4, 0.5) is 5.82 Å². The molecule has 1 aromatic carbocycles. The first-order chi connectivity index (χ1) is 13.7. The molecule has 8 nitrogen and oxygen atoms in total. The molecule has 0 atom stereocenters. The molecule has 0 aliphatic carbocycles. The maximum Gasteiger partial charge on any atom is 0.191 e. The Hall–Kier alpha value is -2.52. The second-order valence-corrected chi connectivity index (χ2v) is 7.49. The van der Waals surface area contributed by atoms with Gasteiger partial charge in [0.25, 0.3) is 0 Å². The SMILES string of the molecule is CN=C(NCCNc1ncnc2c1cnn2C)NCCSc1ccc(Cl)cc1. The molecule has 0 spiro atoms. The number of hydrogen-bond acceptors (Lipinski definition) is 6. The van der Waals surface area contributed by atoms with Crippen LogP contribution in [0.3, 0.4) is 0 Å². The van der Waals surface area contributed by atoms with Crippen LogP contribution < -0.4 is 16.0 Å². The number of thioether (sulfide) groups is 1. The van der Waals surface area contributed by atoms with Crippen LogP contribution in [0.15, 0.2) is 46.7 Å². The van der Waals surface area contributed by atoms with Gasteiger partial charge in [-0.15, -0.1) is 11.8 Å². The van der Waals surface area contributed by atoms with Crippen LogP contribution in [0.25, 0.3) is 11.0 Å². The maximum absolute atomic E-state index is 5.90. The van der Waals surface area contributed by atoms with Crippen molar-refractivity contribution in [2.45, 2.75) is 4.90 Å². The minimum atomic E-state index is 0.696. The van der Waals surface area contributed by atoms with Crippen molar-refractivity contribution in [2.75, 3.05) is 37.8 Å². The highest BCUT2D eigenvalue weighted by molar-refractivity contribution is 7.99. The van der Waals surface area contributed by atoms with Gasteiger partial charge in [-0.1, -0.05) is 11.6 Å². The lowest BCUT2D eigenvalue weighted by atomic mass is 10.4. The normalized spacial score (nSPS) is 11.6. The molecular weight excluding hydrogens is 396 g/mol. The topological polar surface area (TPSA) is 92.1 Å². The lowest BCUT2D eigenvalue weighted by molar-refractivity contribution is 0.785. The highest BCUT2D eigenvalue weighted by atomic mass is 35.5. The zero-order valence-electron chi connectivity index (χ0n) is 15.8. The van der Waals surface area contributed by atoms with Crippen molar-refractivity contribution >= 4 is 46.2 Å². The van der Waals surface area contributed by atoms with E-state index in [1.165, 1.54) is 4.90 Å². The van der Waals surface area contributed by atoms with Crippen LogP contribution in [0, 0.1) is 0 Å². The Morgan fingerprint density at radius 3 is 2.71 bits per heavy atom. The van der Waals surface area contributed by atoms with Gasteiger partial charge in [-0.25, -0.2) is 9.97 Å². The van der Waals surface area contributed by atoms with Crippen molar-refractivity contribution in [1.29, 1.82) is 0 Å². The summed E-state index contributed by atoms with van der Waals surface area (Å²) >= 11 is 7.67. The highest BCUT2D eigenvalue weighted by Crippen LogP contribution is 2.19. The quantitative estimate of drug-likeness (QED) is 0.224. The van der Waals surface area contributed by atoms with Crippen molar-refractivity contribution in [3.63, 3.8) is 0 Å². The number of hydrogen-bond donors (Lipinski definition) is 3. The van der Waals surface area contributed by atoms with E-state index in [-0.39, 0.29) is 0 Å². The molecule has 0 aliphatic heterocycles. The Balaban J connectivity index is 1.36. The summed E-state index contributed by atoms with van der Waals surface area (Å²) < 4.78 is 1.73. The molecule has 0 aliphatic rings. The average molecular weight is 419 g/mol. The summed E-state index contributed by atoms with van der Waals surface area (Å²) in [4.78, 5) is 14.0. The zero-order chi connectivity index (χ0) is 19.8. The summed E-state index contributed by atoms with van der Waals surface area (Å²) in [6, 6.07) is 7.86. The number of aromatic nitrogens is 4. The molecule has 3 N–H and O–H groups in total. The fourth-order valence-corrected chi connectivity index (χ4v) is 3.45. The fourth-order valence-electron chi connectivity index (χ4n) is 2.55. The molecule has 0 radical (unpaired) electrons. The molecular formula is C18H23ClN8S. The number of rotatable bonds is 8. The molecule has 0 fully saturated rings. The van der Waals surface area contributed by atoms with Gasteiger partial charge in [0.15, 0.2) is 11.6 Å². The molecule has 28 heavy (non-hydrogen) atoms. The number of benzene rings is 1. The Morgan fingerprint density at radius 2 is 1.93 bits per heavy atom. The number of aliphatic imine (C=N–C) groups is 1. The van der Waals surface area contributed by atoms with Gasteiger partial charge in [-0.2, -0.15) is 5.10 Å². The summed E-state index contributed by atoms with van der Waals surface area (Å²) in [5, 5.41) is 15.8. The number of guanidine groups is 1. The Kier molecular flexibility index (Phi) is 7.32. The summed E-state index contributed by atoms with van der Waals surface area (Å²) in [5.41, 5.74) is 0.807. The first kappa shape index (κ1) is 20.2. The molecule has 0 unspecified atom stereocenters. The molecule has 0 saturated heterocycles. The van der Waals surface area contributed by atoms with Crippen LogP contribution in [0.2, 0.25) is 5.02 Å². The number of halogens is 1. The molecule has 3 rings (SSSR count). The number of nitrogens with zero attached hydrogens (tertiary/aromatic N) is 5. The van der Waals surface area contributed by atoms with E-state index in [2.05, 4.69) is 36.0 Å². The highest BCUT2D eigenvalue weighted by Gasteiger charge is 2.07. The van der Waals surface area contributed by atoms with Crippen LogP contribution in [0.1, 0.15) is 0 Å². The third-order valence-electron chi connectivity index (χ3n) is 3.94. The molecule has 148 valence electrons. The number of fused-ring (bicyclic) bond motifs is 1. The molecule has 10 heteroatoms. The minimum absolute atomic E-state index is 0.696. The Labute approximate surface area is 173 Å².